The van der Waals surface area contributed by atoms with Gasteiger partial charge in [0.1, 0.15) is 6.61 Å². The molecule has 0 saturated heterocycles. The number of hydrogen-bond acceptors (Lipinski definition) is 3. The average Bonchev–Trinajstić information content (AvgIpc) is 2.34. The highest BCUT2D eigenvalue weighted by atomic mass is 32.2. The van der Waals surface area contributed by atoms with Crippen LogP contribution in [-0.2, 0) is 16.6 Å². The maximum absolute atomic E-state index is 11.6. The average molecular weight is 267 g/mol. The monoisotopic (exact) mass is 267 g/mol. The van der Waals surface area contributed by atoms with Gasteiger partial charge in [-0.25, -0.2) is 13.1 Å². The number of sulfonamides is 1. The van der Waals surface area contributed by atoms with Crippen molar-refractivity contribution in [3.8, 4) is 11.8 Å². The maximum Gasteiger partial charge on any atom is 0.214 e. The van der Waals surface area contributed by atoms with Crippen LogP contribution in [0.5, 0.6) is 0 Å². The molecule has 5 heteroatoms. The largest absolute Gasteiger partial charge is 0.384 e. The molecule has 0 aromatic heterocycles. The molecule has 1 aromatic carbocycles. The number of aliphatic hydroxyl groups is 1. The predicted molar refractivity (Wildman–Crippen MR) is 71.3 cm³/mol. The van der Waals surface area contributed by atoms with E-state index in [9.17, 15) is 8.42 Å². The number of hydrogen-bond donors (Lipinski definition) is 2. The molecule has 0 radical (unpaired) electrons. The van der Waals surface area contributed by atoms with Gasteiger partial charge < -0.3 is 5.11 Å². The fraction of sp³-hybridized carbons (Fsp3) is 0.385. The Hall–Kier alpha value is -1.35. The number of benzene rings is 1. The van der Waals surface area contributed by atoms with Crippen molar-refractivity contribution in [1.29, 1.82) is 0 Å². The van der Waals surface area contributed by atoms with E-state index in [0.717, 1.165) is 11.1 Å². The molecule has 0 spiro atoms. The van der Waals surface area contributed by atoms with Gasteiger partial charge in [-0.1, -0.05) is 30.0 Å². The molecular formula is C13H17NO3S. The SMILES string of the molecule is CC(C)S(=O)(=O)NCc1ccccc1C#CCO. The van der Waals surface area contributed by atoms with Crippen molar-refractivity contribution >= 4 is 10.0 Å². The Morgan fingerprint density at radius 1 is 1.33 bits per heavy atom. The van der Waals surface area contributed by atoms with Crippen LogP contribution >= 0.6 is 0 Å². The number of aliphatic hydroxyl groups excluding tert-OH is 1. The molecule has 0 aliphatic rings. The van der Waals surface area contributed by atoms with E-state index >= 15 is 0 Å². The van der Waals surface area contributed by atoms with Gasteiger partial charge in [0.05, 0.1) is 5.25 Å². The first kappa shape index (κ1) is 14.7. The molecule has 0 atom stereocenters. The number of nitrogens with one attached hydrogen (secondary N) is 1. The molecule has 1 aromatic rings. The lowest BCUT2D eigenvalue weighted by Gasteiger charge is -2.10. The molecule has 18 heavy (non-hydrogen) atoms. The van der Waals surface area contributed by atoms with Crippen molar-refractivity contribution in [2.24, 2.45) is 0 Å². The zero-order chi connectivity index (χ0) is 13.6. The summed E-state index contributed by atoms with van der Waals surface area (Å²) in [6, 6.07) is 7.25. The normalized spacial score (nSPS) is 11.1. The van der Waals surface area contributed by atoms with Crippen molar-refractivity contribution in [2.45, 2.75) is 25.6 Å². The Bertz CT molecular complexity index is 553. The molecule has 0 amide bonds. The molecule has 0 fully saturated rings. The van der Waals surface area contributed by atoms with Crippen LogP contribution in [0.15, 0.2) is 24.3 Å². The molecule has 4 nitrogen and oxygen atoms in total. The first-order valence-electron chi connectivity index (χ1n) is 5.63. The summed E-state index contributed by atoms with van der Waals surface area (Å²) < 4.78 is 25.8. The highest BCUT2D eigenvalue weighted by Gasteiger charge is 2.15. The van der Waals surface area contributed by atoms with Gasteiger partial charge in [-0.3, -0.25) is 0 Å². The van der Waals surface area contributed by atoms with Gasteiger partial charge in [-0.15, -0.1) is 0 Å². The lowest BCUT2D eigenvalue weighted by molar-refractivity contribution is 0.350. The molecule has 0 unspecified atom stereocenters. The maximum atomic E-state index is 11.6. The van der Waals surface area contributed by atoms with Crippen molar-refractivity contribution in [2.75, 3.05) is 6.61 Å². The van der Waals surface area contributed by atoms with E-state index in [1.807, 2.05) is 18.2 Å². The standard InChI is InChI=1S/C13H17NO3S/c1-11(2)18(16,17)14-10-13-7-4-3-6-12(13)8-5-9-15/h3-4,6-7,11,14-15H,9-10H2,1-2H3. The van der Waals surface area contributed by atoms with Crippen molar-refractivity contribution < 1.29 is 13.5 Å². The molecular weight excluding hydrogens is 250 g/mol. The van der Waals surface area contributed by atoms with Crippen LogP contribution in [0.3, 0.4) is 0 Å². The first-order chi connectivity index (χ1) is 8.47. The first-order valence-corrected chi connectivity index (χ1v) is 7.18. The van der Waals surface area contributed by atoms with Crippen molar-refractivity contribution in [1.82, 2.24) is 4.72 Å². The van der Waals surface area contributed by atoms with Gasteiger partial charge in [-0.2, -0.15) is 0 Å². The Kier molecular flexibility index (Phi) is 5.35. The molecule has 98 valence electrons. The minimum absolute atomic E-state index is 0.205. The summed E-state index contributed by atoms with van der Waals surface area (Å²) in [6.07, 6.45) is 0. The van der Waals surface area contributed by atoms with Gasteiger partial charge in [0.2, 0.25) is 10.0 Å². The van der Waals surface area contributed by atoms with E-state index in [-0.39, 0.29) is 13.2 Å². The van der Waals surface area contributed by atoms with Gasteiger partial charge >= 0.3 is 0 Å². The van der Waals surface area contributed by atoms with Gasteiger partial charge in [0, 0.05) is 12.1 Å². The lowest BCUT2D eigenvalue weighted by atomic mass is 10.1. The van der Waals surface area contributed by atoms with Crippen LogP contribution in [0.2, 0.25) is 0 Å². The van der Waals surface area contributed by atoms with Crippen LogP contribution in [0, 0.1) is 11.8 Å². The highest BCUT2D eigenvalue weighted by molar-refractivity contribution is 7.90. The lowest BCUT2D eigenvalue weighted by Crippen LogP contribution is -2.30. The van der Waals surface area contributed by atoms with Crippen LogP contribution in [-0.4, -0.2) is 25.4 Å². The van der Waals surface area contributed by atoms with Gasteiger partial charge in [-0.05, 0) is 25.5 Å². The summed E-state index contributed by atoms with van der Waals surface area (Å²) in [5.74, 6) is 5.35. The molecule has 0 aliphatic heterocycles. The smallest absolute Gasteiger partial charge is 0.214 e. The third kappa shape index (κ3) is 4.15. The molecule has 1 rings (SSSR count). The summed E-state index contributed by atoms with van der Waals surface area (Å²) in [6.45, 7) is 3.24. The van der Waals surface area contributed by atoms with Crippen molar-refractivity contribution in [3.05, 3.63) is 35.4 Å². The third-order valence-corrected chi connectivity index (χ3v) is 4.19. The molecule has 2 N–H and O–H groups in total. The quantitative estimate of drug-likeness (QED) is 0.795. The van der Waals surface area contributed by atoms with Crippen LogP contribution in [0.4, 0.5) is 0 Å². The molecule has 0 aliphatic carbocycles. The minimum Gasteiger partial charge on any atom is -0.384 e. The third-order valence-electron chi connectivity index (χ3n) is 2.40. The number of rotatable bonds is 4. The van der Waals surface area contributed by atoms with E-state index in [1.165, 1.54) is 0 Å². The summed E-state index contributed by atoms with van der Waals surface area (Å²) in [7, 11) is -3.28. The zero-order valence-electron chi connectivity index (χ0n) is 10.5. The van der Waals surface area contributed by atoms with E-state index < -0.39 is 15.3 Å². The van der Waals surface area contributed by atoms with Crippen LogP contribution < -0.4 is 4.72 Å². The molecule has 0 bridgehead atoms. The van der Waals surface area contributed by atoms with Crippen LogP contribution in [0.1, 0.15) is 25.0 Å². The summed E-state index contributed by atoms with van der Waals surface area (Å²) >= 11 is 0. The second kappa shape index (κ2) is 6.55. The Morgan fingerprint density at radius 3 is 2.61 bits per heavy atom. The highest BCUT2D eigenvalue weighted by Crippen LogP contribution is 2.08. The van der Waals surface area contributed by atoms with Gasteiger partial charge in [0.25, 0.3) is 0 Å². The Balaban J connectivity index is 2.86. The topological polar surface area (TPSA) is 66.4 Å². The zero-order valence-corrected chi connectivity index (χ0v) is 11.3. The molecule has 0 heterocycles. The summed E-state index contributed by atoms with van der Waals surface area (Å²) in [4.78, 5) is 0. The fourth-order valence-electron chi connectivity index (χ4n) is 1.28. The summed E-state index contributed by atoms with van der Waals surface area (Å²) in [5.41, 5.74) is 1.51. The van der Waals surface area contributed by atoms with Crippen molar-refractivity contribution in [3.63, 3.8) is 0 Å². The minimum atomic E-state index is -3.28. The van der Waals surface area contributed by atoms with E-state index in [1.54, 1.807) is 19.9 Å². The van der Waals surface area contributed by atoms with Crippen LogP contribution in [0.25, 0.3) is 0 Å². The Morgan fingerprint density at radius 2 is 2.00 bits per heavy atom. The van der Waals surface area contributed by atoms with E-state index in [2.05, 4.69) is 16.6 Å². The molecule has 0 saturated carbocycles. The van der Waals surface area contributed by atoms with E-state index in [4.69, 9.17) is 5.11 Å². The summed E-state index contributed by atoms with van der Waals surface area (Å²) in [5, 5.41) is 8.20. The second-order valence-electron chi connectivity index (χ2n) is 4.03. The van der Waals surface area contributed by atoms with Gasteiger partial charge in [0.15, 0.2) is 0 Å². The predicted octanol–water partition coefficient (Wildman–Crippen LogP) is 0.858. The fourth-order valence-corrected chi connectivity index (χ4v) is 1.97. The van der Waals surface area contributed by atoms with E-state index in [0.29, 0.717) is 0 Å². The Labute approximate surface area is 108 Å². The second-order valence-corrected chi connectivity index (χ2v) is 6.35.